The molecule has 0 unspecified atom stereocenters. The predicted molar refractivity (Wildman–Crippen MR) is 153 cm³/mol. The van der Waals surface area contributed by atoms with Gasteiger partial charge in [0.05, 0.1) is 0 Å². The van der Waals surface area contributed by atoms with E-state index < -0.39 is 0 Å². The third-order valence-corrected chi connectivity index (χ3v) is 9.73. The molecule has 4 rings (SSSR count). The van der Waals surface area contributed by atoms with E-state index in [2.05, 4.69) is 45.0 Å². The maximum atomic E-state index is 15.1. The second-order valence-electron chi connectivity index (χ2n) is 12.5. The van der Waals surface area contributed by atoms with Crippen molar-refractivity contribution in [1.29, 1.82) is 0 Å². The van der Waals surface area contributed by atoms with Crippen molar-refractivity contribution in [2.45, 2.75) is 135 Å². The molecule has 204 valence electrons. The monoisotopic (exact) mass is 508 g/mol. The Labute approximate surface area is 225 Å². The van der Waals surface area contributed by atoms with E-state index in [-0.39, 0.29) is 23.1 Å². The molecule has 0 saturated heterocycles. The highest BCUT2D eigenvalue weighted by Crippen LogP contribution is 2.40. The van der Waals surface area contributed by atoms with Crippen molar-refractivity contribution in [1.82, 2.24) is 0 Å². The van der Waals surface area contributed by atoms with Crippen molar-refractivity contribution in [2.24, 2.45) is 11.8 Å². The van der Waals surface area contributed by atoms with Crippen LogP contribution in [0.15, 0.2) is 36.4 Å². The molecular formula is C35H50F2. The van der Waals surface area contributed by atoms with Crippen LogP contribution in [0.2, 0.25) is 0 Å². The van der Waals surface area contributed by atoms with Crippen molar-refractivity contribution >= 4 is 0 Å². The van der Waals surface area contributed by atoms with Gasteiger partial charge in [0.25, 0.3) is 0 Å². The summed E-state index contributed by atoms with van der Waals surface area (Å²) in [4.78, 5) is 0. The molecule has 0 spiro atoms. The molecule has 2 heteroatoms. The minimum Gasteiger partial charge on any atom is -0.207 e. The van der Waals surface area contributed by atoms with Crippen molar-refractivity contribution in [3.63, 3.8) is 0 Å². The van der Waals surface area contributed by atoms with Crippen LogP contribution in [0.3, 0.4) is 0 Å². The molecule has 2 fully saturated rings. The molecule has 1 atom stereocenters. The van der Waals surface area contributed by atoms with Gasteiger partial charge in [0.2, 0.25) is 0 Å². The van der Waals surface area contributed by atoms with Crippen molar-refractivity contribution in [3.05, 3.63) is 70.3 Å². The minimum absolute atomic E-state index is 0.0858. The number of hydrogen-bond acceptors (Lipinski definition) is 0. The van der Waals surface area contributed by atoms with Crippen LogP contribution in [0.5, 0.6) is 0 Å². The summed E-state index contributed by atoms with van der Waals surface area (Å²) in [6, 6.07) is 12.2. The van der Waals surface area contributed by atoms with Gasteiger partial charge >= 0.3 is 0 Å². The van der Waals surface area contributed by atoms with Gasteiger partial charge in [0.15, 0.2) is 0 Å². The largest absolute Gasteiger partial charge is 0.207 e. The third kappa shape index (κ3) is 7.67. The molecule has 0 aromatic heterocycles. The fourth-order valence-corrected chi connectivity index (χ4v) is 7.23. The number of hydrogen-bond donors (Lipinski definition) is 0. The number of unbranched alkanes of at least 4 members (excludes halogenated alkanes) is 2. The molecule has 2 saturated carbocycles. The maximum Gasteiger partial charge on any atom is 0.129 e. The molecule has 0 radical (unpaired) electrons. The second kappa shape index (κ2) is 13.9. The van der Waals surface area contributed by atoms with Gasteiger partial charge in [-0.15, -0.1) is 0 Å². The Hall–Kier alpha value is -1.70. The number of halogens is 2. The first-order valence-electron chi connectivity index (χ1n) is 15.6. The summed E-state index contributed by atoms with van der Waals surface area (Å²) in [7, 11) is 0. The van der Waals surface area contributed by atoms with Gasteiger partial charge < -0.3 is 0 Å². The van der Waals surface area contributed by atoms with E-state index in [0.29, 0.717) is 18.3 Å². The second-order valence-corrected chi connectivity index (χ2v) is 12.5. The maximum absolute atomic E-state index is 15.1. The summed E-state index contributed by atoms with van der Waals surface area (Å²) in [5.74, 6) is 2.08. The van der Waals surface area contributed by atoms with E-state index in [0.717, 1.165) is 30.2 Å². The van der Waals surface area contributed by atoms with Gasteiger partial charge in [-0.1, -0.05) is 83.6 Å². The summed E-state index contributed by atoms with van der Waals surface area (Å²) in [6.45, 7) is 6.62. The molecule has 37 heavy (non-hydrogen) atoms. The molecule has 0 bridgehead atoms. The van der Waals surface area contributed by atoms with Gasteiger partial charge in [-0.2, -0.15) is 0 Å². The van der Waals surface area contributed by atoms with E-state index >= 15 is 8.78 Å². The van der Waals surface area contributed by atoms with E-state index in [9.17, 15) is 0 Å². The number of rotatable bonds is 11. The van der Waals surface area contributed by atoms with Crippen LogP contribution in [0.4, 0.5) is 8.78 Å². The summed E-state index contributed by atoms with van der Waals surface area (Å²) >= 11 is 0. The Bertz CT molecular complexity index is 923. The Kier molecular flexibility index (Phi) is 10.6. The molecule has 0 heterocycles. The van der Waals surface area contributed by atoms with Crippen molar-refractivity contribution in [3.8, 4) is 0 Å². The zero-order valence-corrected chi connectivity index (χ0v) is 23.7. The topological polar surface area (TPSA) is 0 Å². The van der Waals surface area contributed by atoms with Crippen LogP contribution in [-0.2, 0) is 6.42 Å². The van der Waals surface area contributed by atoms with E-state index in [1.165, 1.54) is 88.2 Å². The Morgan fingerprint density at radius 1 is 0.676 bits per heavy atom. The van der Waals surface area contributed by atoms with Gasteiger partial charge in [-0.3, -0.25) is 0 Å². The quantitative estimate of drug-likeness (QED) is 0.265. The summed E-state index contributed by atoms with van der Waals surface area (Å²) in [5.41, 5.74) is 3.74. The number of benzene rings is 2. The highest BCUT2D eigenvalue weighted by molar-refractivity contribution is 5.33. The smallest absolute Gasteiger partial charge is 0.129 e. The normalized spacial score (nSPS) is 25.2. The fourth-order valence-electron chi connectivity index (χ4n) is 7.23. The molecule has 2 aliphatic carbocycles. The van der Waals surface area contributed by atoms with Crippen LogP contribution in [-0.4, -0.2) is 0 Å². The Morgan fingerprint density at radius 3 is 1.76 bits per heavy atom. The van der Waals surface area contributed by atoms with Crippen LogP contribution >= 0.6 is 0 Å². The first-order chi connectivity index (χ1) is 18.0. The minimum atomic E-state index is -0.357. The molecule has 0 N–H and O–H groups in total. The van der Waals surface area contributed by atoms with Gasteiger partial charge in [-0.05, 0) is 116 Å². The molecule has 0 amide bonds. The van der Waals surface area contributed by atoms with Crippen molar-refractivity contribution < 1.29 is 8.78 Å². The lowest BCUT2D eigenvalue weighted by Crippen LogP contribution is -2.14. The highest BCUT2D eigenvalue weighted by Gasteiger charge is 2.25. The lowest BCUT2D eigenvalue weighted by molar-refractivity contribution is 0.303. The van der Waals surface area contributed by atoms with E-state index in [1.54, 1.807) is 12.1 Å². The molecule has 2 aromatic rings. The van der Waals surface area contributed by atoms with Crippen molar-refractivity contribution in [2.75, 3.05) is 0 Å². The molecule has 0 nitrogen and oxygen atoms in total. The molecule has 0 aliphatic heterocycles. The zero-order chi connectivity index (χ0) is 26.2. The molecular weight excluding hydrogens is 458 g/mol. The first-order valence-corrected chi connectivity index (χ1v) is 15.6. The van der Waals surface area contributed by atoms with Gasteiger partial charge in [-0.25, -0.2) is 8.78 Å². The average molecular weight is 509 g/mol. The standard InChI is InChI=1S/C35H50F2/c1-4-6-7-9-27-12-14-29(15-13-27)30-20-18-28(19-21-30)25(3)22-33-34(36)23-32(24-35(33)37)31-16-10-26(8-5-2)11-17-31/h18-21,23-27,29,31H,4-17,22H2,1-3H3/t25-,26?,27?,29?,31?/m1/s1. The average Bonchev–Trinajstić information content (AvgIpc) is 2.92. The summed E-state index contributed by atoms with van der Waals surface area (Å²) < 4.78 is 30.3. The molecule has 2 aliphatic rings. The predicted octanol–water partition coefficient (Wildman–Crippen LogP) is 11.2. The SMILES string of the molecule is CCCCCC1CCC(c2ccc([C@H](C)Cc3c(F)cc(C4CCC(CCC)CC4)cc3F)cc2)CC1. The lowest BCUT2D eigenvalue weighted by atomic mass is 9.76. The van der Waals surface area contributed by atoms with E-state index in [1.807, 2.05) is 0 Å². The summed E-state index contributed by atoms with van der Waals surface area (Å²) in [5, 5.41) is 0. The van der Waals surface area contributed by atoms with Crippen LogP contribution < -0.4 is 0 Å². The van der Waals surface area contributed by atoms with Gasteiger partial charge in [0, 0.05) is 5.56 Å². The lowest BCUT2D eigenvalue weighted by Gasteiger charge is -2.29. The van der Waals surface area contributed by atoms with Crippen LogP contribution in [0.1, 0.15) is 151 Å². The summed E-state index contributed by atoms with van der Waals surface area (Å²) in [6.07, 6.45) is 18.2. The fraction of sp³-hybridized carbons (Fsp3) is 0.657. The first kappa shape index (κ1) is 28.3. The van der Waals surface area contributed by atoms with Gasteiger partial charge in [0.1, 0.15) is 11.6 Å². The van der Waals surface area contributed by atoms with Crippen LogP contribution in [0.25, 0.3) is 0 Å². The highest BCUT2D eigenvalue weighted by atomic mass is 19.1. The molecule has 2 aromatic carbocycles. The van der Waals surface area contributed by atoms with E-state index in [4.69, 9.17) is 0 Å². The Morgan fingerprint density at radius 2 is 1.22 bits per heavy atom. The zero-order valence-electron chi connectivity index (χ0n) is 23.7. The third-order valence-electron chi connectivity index (χ3n) is 9.73. The Balaban J connectivity index is 1.32. The van der Waals surface area contributed by atoms with Crippen LogP contribution in [0, 0.1) is 23.5 Å².